The highest BCUT2D eigenvalue weighted by Gasteiger charge is 2.34. The molecule has 1 unspecified atom stereocenters. The van der Waals surface area contributed by atoms with Crippen LogP contribution in [0, 0.1) is 0 Å². The van der Waals surface area contributed by atoms with Gasteiger partial charge in [-0.2, -0.15) is 0 Å². The number of ether oxygens (including phenoxy) is 2. The molecule has 1 aromatic carbocycles. The molecule has 0 radical (unpaired) electrons. The van der Waals surface area contributed by atoms with Crippen LogP contribution in [0.2, 0.25) is 0 Å². The molecule has 1 aliphatic rings. The van der Waals surface area contributed by atoms with Gasteiger partial charge in [-0.1, -0.05) is 13.0 Å². The average Bonchev–Trinajstić information content (AvgIpc) is 2.66. The fourth-order valence-electron chi connectivity index (χ4n) is 2.88. The summed E-state index contributed by atoms with van der Waals surface area (Å²) in [5.41, 5.74) is 0.742. The van der Waals surface area contributed by atoms with Crippen LogP contribution in [0.1, 0.15) is 33.6 Å². The van der Waals surface area contributed by atoms with Gasteiger partial charge in [-0.3, -0.25) is 14.4 Å². The van der Waals surface area contributed by atoms with E-state index in [4.69, 9.17) is 9.47 Å². The Labute approximate surface area is 165 Å². The minimum absolute atomic E-state index is 0.0128. The third-order valence-corrected chi connectivity index (χ3v) is 4.13. The van der Waals surface area contributed by atoms with Crippen LogP contribution in [0.4, 0.5) is 5.69 Å². The summed E-state index contributed by atoms with van der Waals surface area (Å²) in [6, 6.07) is 6.49. The molecule has 2 rings (SSSR count). The normalized spacial score (nSPS) is 16.5. The minimum Gasteiger partial charge on any atom is -0.491 e. The van der Waals surface area contributed by atoms with Crippen molar-refractivity contribution >= 4 is 23.5 Å². The van der Waals surface area contributed by atoms with E-state index in [0.717, 1.165) is 5.69 Å². The van der Waals surface area contributed by atoms with E-state index in [-0.39, 0.29) is 30.9 Å². The molecule has 0 aromatic heterocycles. The van der Waals surface area contributed by atoms with Gasteiger partial charge in [0.15, 0.2) is 0 Å². The SMILES string of the molecule is CCCOC(=O)CC1C(=O)NCCN1C(=O)CNc1cccc(OC(C)C)c1. The number of carbonyl (C=O) groups excluding carboxylic acids is 3. The van der Waals surface area contributed by atoms with Crippen molar-refractivity contribution in [2.24, 2.45) is 0 Å². The van der Waals surface area contributed by atoms with Crippen LogP contribution in [0.5, 0.6) is 5.75 Å². The Kier molecular flexibility index (Phi) is 8.10. The first-order valence-electron chi connectivity index (χ1n) is 9.64. The number of hydrogen-bond donors (Lipinski definition) is 2. The van der Waals surface area contributed by atoms with E-state index in [2.05, 4.69) is 10.6 Å². The summed E-state index contributed by atoms with van der Waals surface area (Å²) in [5, 5.41) is 5.76. The summed E-state index contributed by atoms with van der Waals surface area (Å²) in [6.07, 6.45) is 0.612. The highest BCUT2D eigenvalue weighted by Crippen LogP contribution is 2.19. The maximum absolute atomic E-state index is 12.7. The van der Waals surface area contributed by atoms with Crippen molar-refractivity contribution in [2.75, 3.05) is 31.6 Å². The molecule has 2 N–H and O–H groups in total. The van der Waals surface area contributed by atoms with Crippen LogP contribution in [0.3, 0.4) is 0 Å². The Morgan fingerprint density at radius 2 is 2.14 bits per heavy atom. The van der Waals surface area contributed by atoms with Crippen LogP contribution in [0.15, 0.2) is 24.3 Å². The highest BCUT2D eigenvalue weighted by molar-refractivity contribution is 5.93. The Hall–Kier alpha value is -2.77. The molecule has 1 aromatic rings. The molecule has 0 saturated carbocycles. The van der Waals surface area contributed by atoms with Crippen molar-refractivity contribution < 1.29 is 23.9 Å². The highest BCUT2D eigenvalue weighted by atomic mass is 16.5. The second kappa shape index (κ2) is 10.5. The van der Waals surface area contributed by atoms with Crippen molar-refractivity contribution in [3.05, 3.63) is 24.3 Å². The number of esters is 1. The molecular weight excluding hydrogens is 362 g/mol. The molecule has 1 atom stereocenters. The second-order valence-corrected chi connectivity index (χ2v) is 6.87. The van der Waals surface area contributed by atoms with Gasteiger partial charge in [-0.05, 0) is 32.4 Å². The summed E-state index contributed by atoms with van der Waals surface area (Å²) in [7, 11) is 0. The molecule has 1 fully saturated rings. The zero-order valence-electron chi connectivity index (χ0n) is 16.7. The summed E-state index contributed by atoms with van der Waals surface area (Å²) in [4.78, 5) is 38.2. The second-order valence-electron chi connectivity index (χ2n) is 6.87. The van der Waals surface area contributed by atoms with Gasteiger partial charge >= 0.3 is 5.97 Å². The maximum Gasteiger partial charge on any atom is 0.308 e. The lowest BCUT2D eigenvalue weighted by molar-refractivity contribution is -0.151. The van der Waals surface area contributed by atoms with Crippen molar-refractivity contribution in [1.29, 1.82) is 0 Å². The van der Waals surface area contributed by atoms with E-state index in [0.29, 0.717) is 31.9 Å². The van der Waals surface area contributed by atoms with Gasteiger partial charge < -0.3 is 25.0 Å². The van der Waals surface area contributed by atoms with Crippen molar-refractivity contribution in [1.82, 2.24) is 10.2 Å². The molecule has 28 heavy (non-hydrogen) atoms. The molecule has 0 bridgehead atoms. The lowest BCUT2D eigenvalue weighted by atomic mass is 10.1. The van der Waals surface area contributed by atoms with Crippen molar-refractivity contribution in [3.63, 3.8) is 0 Å². The molecule has 154 valence electrons. The number of anilines is 1. The number of benzene rings is 1. The van der Waals surface area contributed by atoms with Crippen LogP contribution in [0.25, 0.3) is 0 Å². The van der Waals surface area contributed by atoms with Crippen LogP contribution in [-0.2, 0) is 19.1 Å². The third-order valence-electron chi connectivity index (χ3n) is 4.13. The first kappa shape index (κ1) is 21.5. The number of carbonyl (C=O) groups is 3. The predicted molar refractivity (Wildman–Crippen MR) is 105 cm³/mol. The van der Waals surface area contributed by atoms with E-state index < -0.39 is 12.0 Å². The first-order valence-corrected chi connectivity index (χ1v) is 9.64. The van der Waals surface area contributed by atoms with Crippen molar-refractivity contribution in [2.45, 2.75) is 45.8 Å². The number of nitrogens with zero attached hydrogens (tertiary/aromatic N) is 1. The first-order chi connectivity index (χ1) is 13.4. The molecule has 8 heteroatoms. The Morgan fingerprint density at radius 3 is 2.86 bits per heavy atom. The third kappa shape index (κ3) is 6.44. The summed E-state index contributed by atoms with van der Waals surface area (Å²) in [5.74, 6) is -0.353. The van der Waals surface area contributed by atoms with Crippen LogP contribution < -0.4 is 15.4 Å². The minimum atomic E-state index is -0.844. The molecule has 0 spiro atoms. The zero-order chi connectivity index (χ0) is 20.5. The van der Waals surface area contributed by atoms with Gasteiger partial charge in [-0.25, -0.2) is 0 Å². The van der Waals surface area contributed by atoms with Gasteiger partial charge in [0.25, 0.3) is 0 Å². The number of piperazine rings is 1. The fraction of sp³-hybridized carbons (Fsp3) is 0.550. The lowest BCUT2D eigenvalue weighted by Crippen LogP contribution is -2.58. The average molecular weight is 391 g/mol. The quantitative estimate of drug-likeness (QED) is 0.620. The zero-order valence-corrected chi connectivity index (χ0v) is 16.7. The molecule has 2 amide bonds. The number of rotatable bonds is 9. The van der Waals surface area contributed by atoms with E-state index in [1.165, 1.54) is 4.90 Å². The largest absolute Gasteiger partial charge is 0.491 e. The Balaban J connectivity index is 1.96. The van der Waals surface area contributed by atoms with Gasteiger partial charge in [0, 0.05) is 24.8 Å². The van der Waals surface area contributed by atoms with Crippen LogP contribution in [-0.4, -0.2) is 61.1 Å². The number of nitrogens with one attached hydrogen (secondary N) is 2. The maximum atomic E-state index is 12.7. The standard InChI is InChI=1S/C20H29N3O5/c1-4-10-27-19(25)12-17-20(26)21-8-9-23(17)18(24)13-22-15-6-5-7-16(11-15)28-14(2)3/h5-7,11,14,17,22H,4,8-10,12-13H2,1-3H3,(H,21,26). The smallest absolute Gasteiger partial charge is 0.308 e. The topological polar surface area (TPSA) is 97.0 Å². The molecule has 1 saturated heterocycles. The molecule has 8 nitrogen and oxygen atoms in total. The Bertz CT molecular complexity index is 692. The van der Waals surface area contributed by atoms with Gasteiger partial charge in [0.05, 0.1) is 25.7 Å². The summed E-state index contributed by atoms with van der Waals surface area (Å²) >= 11 is 0. The van der Waals surface area contributed by atoms with E-state index >= 15 is 0 Å². The fourth-order valence-corrected chi connectivity index (χ4v) is 2.88. The molecule has 1 aliphatic heterocycles. The summed E-state index contributed by atoms with van der Waals surface area (Å²) < 4.78 is 10.7. The summed E-state index contributed by atoms with van der Waals surface area (Å²) in [6.45, 7) is 6.81. The number of amides is 2. The van der Waals surface area contributed by atoms with E-state index in [9.17, 15) is 14.4 Å². The van der Waals surface area contributed by atoms with E-state index in [1.807, 2.05) is 45.0 Å². The van der Waals surface area contributed by atoms with Crippen molar-refractivity contribution in [3.8, 4) is 5.75 Å². The Morgan fingerprint density at radius 1 is 1.36 bits per heavy atom. The van der Waals surface area contributed by atoms with Crippen LogP contribution >= 0.6 is 0 Å². The molecular formula is C20H29N3O5. The van der Waals surface area contributed by atoms with E-state index in [1.54, 1.807) is 0 Å². The van der Waals surface area contributed by atoms with Gasteiger partial charge in [-0.15, -0.1) is 0 Å². The monoisotopic (exact) mass is 391 g/mol. The predicted octanol–water partition coefficient (Wildman–Crippen LogP) is 1.56. The van der Waals surface area contributed by atoms with Gasteiger partial charge in [0.2, 0.25) is 11.8 Å². The molecule has 0 aliphatic carbocycles. The van der Waals surface area contributed by atoms with Gasteiger partial charge in [0.1, 0.15) is 11.8 Å². The lowest BCUT2D eigenvalue weighted by Gasteiger charge is -2.34. The molecule has 1 heterocycles. The number of hydrogen-bond acceptors (Lipinski definition) is 6.